The predicted octanol–water partition coefficient (Wildman–Crippen LogP) is 2.21. The molecular formula is C20H19FN4O2. The van der Waals surface area contributed by atoms with Crippen molar-refractivity contribution in [2.45, 2.75) is 12.5 Å². The van der Waals surface area contributed by atoms with Crippen molar-refractivity contribution in [3.05, 3.63) is 54.0 Å². The van der Waals surface area contributed by atoms with Gasteiger partial charge in [-0.15, -0.1) is 0 Å². The van der Waals surface area contributed by atoms with Gasteiger partial charge in [0.1, 0.15) is 11.9 Å². The lowest BCUT2D eigenvalue weighted by molar-refractivity contribution is -0.134. The van der Waals surface area contributed by atoms with Crippen molar-refractivity contribution in [2.75, 3.05) is 31.1 Å². The number of carbonyl (C=O) groups is 1. The van der Waals surface area contributed by atoms with Crippen molar-refractivity contribution < 1.29 is 13.9 Å². The van der Waals surface area contributed by atoms with Gasteiger partial charge in [0.15, 0.2) is 18.2 Å². The van der Waals surface area contributed by atoms with Gasteiger partial charge in [-0.05, 0) is 30.7 Å². The molecule has 2 saturated heterocycles. The second-order valence-electron chi connectivity index (χ2n) is 6.84. The summed E-state index contributed by atoms with van der Waals surface area (Å²) in [5.41, 5.74) is 0.528. The molecule has 1 aromatic carbocycles. The van der Waals surface area contributed by atoms with Gasteiger partial charge in [0.05, 0.1) is 11.6 Å². The highest BCUT2D eigenvalue weighted by atomic mass is 19.1. The van der Waals surface area contributed by atoms with Crippen LogP contribution in [0.4, 0.5) is 10.2 Å². The Labute approximate surface area is 156 Å². The fourth-order valence-electron chi connectivity index (χ4n) is 3.88. The summed E-state index contributed by atoms with van der Waals surface area (Å²) in [7, 11) is 0. The lowest BCUT2D eigenvalue weighted by Crippen LogP contribution is -2.42. The van der Waals surface area contributed by atoms with Gasteiger partial charge in [0.25, 0.3) is 5.91 Å². The van der Waals surface area contributed by atoms with Gasteiger partial charge in [0, 0.05) is 31.7 Å². The monoisotopic (exact) mass is 366 g/mol. The molecule has 0 saturated carbocycles. The highest BCUT2D eigenvalue weighted by Crippen LogP contribution is 2.33. The van der Waals surface area contributed by atoms with Crippen LogP contribution in [0.15, 0.2) is 42.6 Å². The van der Waals surface area contributed by atoms with E-state index in [1.807, 2.05) is 11.0 Å². The van der Waals surface area contributed by atoms with E-state index in [1.165, 1.54) is 12.1 Å². The molecule has 2 atom stereocenters. The average Bonchev–Trinajstić information content (AvgIpc) is 3.28. The molecule has 0 spiro atoms. The van der Waals surface area contributed by atoms with Gasteiger partial charge in [-0.1, -0.05) is 12.1 Å². The normalized spacial score (nSPS) is 21.0. The molecule has 4 rings (SSSR count). The number of fused-ring (bicyclic) bond motifs is 1. The lowest BCUT2D eigenvalue weighted by atomic mass is 10.1. The summed E-state index contributed by atoms with van der Waals surface area (Å²) < 4.78 is 19.0. The van der Waals surface area contributed by atoms with E-state index < -0.39 is 5.82 Å². The number of nitrogens with zero attached hydrogens (tertiary/aromatic N) is 4. The maximum absolute atomic E-state index is 13.6. The van der Waals surface area contributed by atoms with Gasteiger partial charge >= 0.3 is 0 Å². The molecule has 0 aliphatic carbocycles. The van der Waals surface area contributed by atoms with Gasteiger partial charge in [-0.2, -0.15) is 5.26 Å². The van der Waals surface area contributed by atoms with Crippen LogP contribution < -0.4 is 9.64 Å². The van der Waals surface area contributed by atoms with Crippen molar-refractivity contribution >= 4 is 11.7 Å². The number of rotatable bonds is 4. The van der Waals surface area contributed by atoms with Crippen molar-refractivity contribution in [3.8, 4) is 11.8 Å². The Morgan fingerprint density at radius 2 is 2.15 bits per heavy atom. The van der Waals surface area contributed by atoms with Crippen LogP contribution in [0, 0.1) is 23.1 Å². The number of para-hydroxylation sites is 1. The molecule has 2 fully saturated rings. The Bertz CT molecular complexity index is 880. The molecule has 0 N–H and O–H groups in total. The Hall–Kier alpha value is -3.14. The molecule has 0 radical (unpaired) electrons. The summed E-state index contributed by atoms with van der Waals surface area (Å²) in [4.78, 5) is 20.9. The summed E-state index contributed by atoms with van der Waals surface area (Å²) in [5, 5.41) is 8.89. The van der Waals surface area contributed by atoms with Gasteiger partial charge in [-0.3, -0.25) is 4.79 Å². The molecule has 2 aliphatic heterocycles. The molecule has 138 valence electrons. The maximum atomic E-state index is 13.6. The molecule has 1 amide bonds. The van der Waals surface area contributed by atoms with Crippen LogP contribution in [-0.4, -0.2) is 48.1 Å². The number of carbonyl (C=O) groups excluding carboxylic acids is 1. The van der Waals surface area contributed by atoms with Gasteiger partial charge in [0.2, 0.25) is 0 Å². The minimum absolute atomic E-state index is 0.0939. The highest BCUT2D eigenvalue weighted by molar-refractivity contribution is 5.78. The third kappa shape index (κ3) is 3.43. The molecule has 3 heterocycles. The Morgan fingerprint density at radius 3 is 2.89 bits per heavy atom. The van der Waals surface area contributed by atoms with E-state index in [-0.39, 0.29) is 24.3 Å². The standard InChI is InChI=1S/C20H19FN4O2/c21-16-3-1-2-4-18(16)27-13-20(26)25-8-7-15-11-24(12-17(15)25)19-6-5-14(9-22)10-23-19/h1-6,10,15,17H,7-8,11-13H2. The van der Waals surface area contributed by atoms with E-state index in [0.29, 0.717) is 24.6 Å². The lowest BCUT2D eigenvalue weighted by Gasteiger charge is -2.25. The highest BCUT2D eigenvalue weighted by Gasteiger charge is 2.43. The van der Waals surface area contributed by atoms with Gasteiger partial charge in [-0.25, -0.2) is 9.37 Å². The number of benzene rings is 1. The average molecular weight is 366 g/mol. The van der Waals surface area contributed by atoms with Crippen LogP contribution in [0.5, 0.6) is 5.75 Å². The molecule has 6 nitrogen and oxygen atoms in total. The molecule has 0 bridgehead atoms. The molecule has 27 heavy (non-hydrogen) atoms. The van der Waals surface area contributed by atoms with E-state index >= 15 is 0 Å². The fourth-order valence-corrected chi connectivity index (χ4v) is 3.88. The van der Waals surface area contributed by atoms with E-state index in [4.69, 9.17) is 10.00 Å². The van der Waals surface area contributed by atoms with Gasteiger partial charge < -0.3 is 14.5 Å². The Kier molecular flexibility index (Phi) is 4.63. The second kappa shape index (κ2) is 7.23. The first-order chi connectivity index (χ1) is 13.2. The van der Waals surface area contributed by atoms with Crippen LogP contribution in [0.1, 0.15) is 12.0 Å². The molecule has 1 aromatic heterocycles. The number of aromatic nitrogens is 1. The summed E-state index contributed by atoms with van der Waals surface area (Å²) in [6, 6.07) is 11.9. The first-order valence-electron chi connectivity index (χ1n) is 8.93. The van der Waals surface area contributed by atoms with Crippen LogP contribution in [-0.2, 0) is 4.79 Å². The van der Waals surface area contributed by atoms with E-state index in [2.05, 4.69) is 16.0 Å². The number of likely N-dealkylation sites (tertiary alicyclic amines) is 1. The van der Waals surface area contributed by atoms with Crippen LogP contribution in [0.25, 0.3) is 0 Å². The van der Waals surface area contributed by atoms with Crippen molar-refractivity contribution in [1.29, 1.82) is 5.26 Å². The molecular weight excluding hydrogens is 347 g/mol. The zero-order valence-electron chi connectivity index (χ0n) is 14.7. The maximum Gasteiger partial charge on any atom is 0.260 e. The topological polar surface area (TPSA) is 69.5 Å². The summed E-state index contributed by atoms with van der Waals surface area (Å²) in [5.74, 6) is 0.707. The van der Waals surface area contributed by atoms with Crippen LogP contribution >= 0.6 is 0 Å². The van der Waals surface area contributed by atoms with Crippen LogP contribution in [0.2, 0.25) is 0 Å². The number of hydrogen-bond acceptors (Lipinski definition) is 5. The number of hydrogen-bond donors (Lipinski definition) is 0. The zero-order chi connectivity index (χ0) is 18.8. The second-order valence-corrected chi connectivity index (χ2v) is 6.84. The Morgan fingerprint density at radius 1 is 1.30 bits per heavy atom. The largest absolute Gasteiger partial charge is 0.481 e. The van der Waals surface area contributed by atoms with Crippen LogP contribution in [0.3, 0.4) is 0 Å². The number of amides is 1. The Balaban J connectivity index is 1.38. The number of anilines is 1. The first-order valence-corrected chi connectivity index (χ1v) is 8.93. The van der Waals surface area contributed by atoms with Crippen molar-refractivity contribution in [3.63, 3.8) is 0 Å². The summed E-state index contributed by atoms with van der Waals surface area (Å²) in [6.45, 7) is 2.07. The number of nitriles is 1. The third-order valence-corrected chi connectivity index (χ3v) is 5.26. The minimum atomic E-state index is -0.469. The number of pyridine rings is 1. The fraction of sp³-hybridized carbons (Fsp3) is 0.350. The molecule has 2 aliphatic rings. The quantitative estimate of drug-likeness (QED) is 0.830. The molecule has 7 heteroatoms. The summed E-state index contributed by atoms with van der Waals surface area (Å²) >= 11 is 0. The van der Waals surface area contributed by atoms with E-state index in [9.17, 15) is 9.18 Å². The first kappa shape index (κ1) is 17.3. The van der Waals surface area contributed by atoms with E-state index in [0.717, 1.165) is 18.8 Å². The smallest absolute Gasteiger partial charge is 0.260 e. The molecule has 2 unspecified atom stereocenters. The molecule has 2 aromatic rings. The summed E-state index contributed by atoms with van der Waals surface area (Å²) in [6.07, 6.45) is 2.50. The number of ether oxygens (including phenoxy) is 1. The minimum Gasteiger partial charge on any atom is -0.481 e. The van der Waals surface area contributed by atoms with E-state index in [1.54, 1.807) is 24.4 Å². The zero-order valence-corrected chi connectivity index (χ0v) is 14.7. The number of halogens is 1. The van der Waals surface area contributed by atoms with Crippen molar-refractivity contribution in [2.24, 2.45) is 5.92 Å². The third-order valence-electron chi connectivity index (χ3n) is 5.26. The SMILES string of the molecule is N#Cc1ccc(N2CC3CCN(C(=O)COc4ccccc4F)C3C2)nc1. The van der Waals surface area contributed by atoms with Crippen molar-refractivity contribution in [1.82, 2.24) is 9.88 Å². The predicted molar refractivity (Wildman–Crippen MR) is 96.7 cm³/mol.